The molecular formula is C12H21N5O2. The molecule has 2 rings (SSSR count). The van der Waals surface area contributed by atoms with Gasteiger partial charge in [0.1, 0.15) is 0 Å². The summed E-state index contributed by atoms with van der Waals surface area (Å²) < 4.78 is 7.04. The van der Waals surface area contributed by atoms with Crippen LogP contribution in [0.2, 0.25) is 0 Å². The fourth-order valence-corrected chi connectivity index (χ4v) is 1.90. The van der Waals surface area contributed by atoms with Crippen LogP contribution in [0.3, 0.4) is 0 Å². The molecular weight excluding hydrogens is 246 g/mol. The van der Waals surface area contributed by atoms with Crippen LogP contribution in [-0.2, 0) is 4.74 Å². The lowest BCUT2D eigenvalue weighted by Gasteiger charge is -2.26. The first kappa shape index (κ1) is 14.0. The Morgan fingerprint density at radius 1 is 1.58 bits per heavy atom. The molecule has 1 fully saturated rings. The van der Waals surface area contributed by atoms with Gasteiger partial charge in [-0.05, 0) is 13.8 Å². The van der Waals surface area contributed by atoms with Crippen molar-refractivity contribution in [3.8, 4) is 0 Å². The first-order valence-corrected chi connectivity index (χ1v) is 6.75. The Kier molecular flexibility index (Phi) is 4.86. The van der Waals surface area contributed by atoms with E-state index in [1.165, 1.54) is 0 Å². The van der Waals surface area contributed by atoms with E-state index in [-0.39, 0.29) is 5.91 Å². The maximum Gasteiger partial charge on any atom is 0.276 e. The third-order valence-corrected chi connectivity index (χ3v) is 3.24. The number of hydrogen-bond acceptors (Lipinski definition) is 5. The summed E-state index contributed by atoms with van der Waals surface area (Å²) in [7, 11) is 0. The maximum atomic E-state index is 12.3. The summed E-state index contributed by atoms with van der Waals surface area (Å²) in [6.45, 7) is 8.11. The van der Waals surface area contributed by atoms with Gasteiger partial charge in [-0.15, -0.1) is 5.10 Å². The van der Waals surface area contributed by atoms with Gasteiger partial charge in [0.25, 0.3) is 5.91 Å². The van der Waals surface area contributed by atoms with Crippen molar-refractivity contribution in [2.45, 2.75) is 19.9 Å². The molecule has 7 heteroatoms. The number of aromatic nitrogens is 3. The Morgan fingerprint density at radius 2 is 2.37 bits per heavy atom. The fourth-order valence-electron chi connectivity index (χ4n) is 1.90. The third-order valence-electron chi connectivity index (χ3n) is 3.24. The minimum Gasteiger partial charge on any atom is -0.380 e. The van der Waals surface area contributed by atoms with Crippen molar-refractivity contribution in [2.24, 2.45) is 0 Å². The normalized spacial score (nSPS) is 15.3. The van der Waals surface area contributed by atoms with Crippen LogP contribution in [0, 0.1) is 0 Å². The number of hydrogen-bond donors (Lipinski definition) is 1. The number of nitrogens with zero attached hydrogens (tertiary/aromatic N) is 4. The van der Waals surface area contributed by atoms with Crippen LogP contribution in [0.15, 0.2) is 6.20 Å². The molecule has 1 aromatic heterocycles. The number of carbonyl (C=O) groups is 1. The summed E-state index contributed by atoms with van der Waals surface area (Å²) in [5.74, 6) is -0.0827. The molecule has 1 saturated heterocycles. The molecule has 0 radical (unpaired) electrons. The van der Waals surface area contributed by atoms with E-state index in [2.05, 4.69) is 15.6 Å². The number of amides is 1. The summed E-state index contributed by atoms with van der Waals surface area (Å²) in [6, 6.07) is 0.326. The Morgan fingerprint density at radius 3 is 2.95 bits per heavy atom. The van der Waals surface area contributed by atoms with E-state index in [4.69, 9.17) is 4.74 Å². The highest BCUT2D eigenvalue weighted by Crippen LogP contribution is 2.10. The van der Waals surface area contributed by atoms with Gasteiger partial charge in [-0.3, -0.25) is 4.79 Å². The number of rotatable bonds is 7. The number of nitrogens with one attached hydrogen (secondary N) is 1. The average molecular weight is 267 g/mol. The number of carbonyl (C=O) groups excluding carboxylic acids is 1. The average Bonchev–Trinajstić information content (AvgIpc) is 2.81. The number of ether oxygens (including phenoxy) is 1. The molecule has 2 heterocycles. The molecule has 0 saturated carbocycles. The molecule has 1 aliphatic heterocycles. The second kappa shape index (κ2) is 6.63. The summed E-state index contributed by atoms with van der Waals surface area (Å²) in [4.78, 5) is 14.0. The molecule has 1 aliphatic rings. The summed E-state index contributed by atoms with van der Waals surface area (Å²) >= 11 is 0. The van der Waals surface area contributed by atoms with Crippen LogP contribution in [0.5, 0.6) is 0 Å². The predicted octanol–water partition coefficient (Wildman–Crippen LogP) is -0.0790. The van der Waals surface area contributed by atoms with Crippen LogP contribution in [0.1, 0.15) is 30.4 Å². The van der Waals surface area contributed by atoms with Crippen molar-refractivity contribution in [3.63, 3.8) is 0 Å². The van der Waals surface area contributed by atoms with Gasteiger partial charge in [-0.2, -0.15) is 0 Å². The van der Waals surface area contributed by atoms with E-state index < -0.39 is 0 Å². The molecule has 19 heavy (non-hydrogen) atoms. The molecule has 7 nitrogen and oxygen atoms in total. The fraction of sp³-hybridized carbons (Fsp3) is 0.750. The van der Waals surface area contributed by atoms with E-state index in [1.54, 1.807) is 15.8 Å². The van der Waals surface area contributed by atoms with Crippen LogP contribution < -0.4 is 5.32 Å². The smallest absolute Gasteiger partial charge is 0.276 e. The van der Waals surface area contributed by atoms with Gasteiger partial charge in [-0.1, -0.05) is 5.21 Å². The van der Waals surface area contributed by atoms with E-state index in [1.807, 2.05) is 13.8 Å². The van der Waals surface area contributed by atoms with Crippen molar-refractivity contribution in [2.75, 3.05) is 39.4 Å². The van der Waals surface area contributed by atoms with Gasteiger partial charge < -0.3 is 15.0 Å². The highest BCUT2D eigenvalue weighted by molar-refractivity contribution is 5.91. The Hall–Kier alpha value is -1.47. The Labute approximate surface area is 112 Å². The predicted molar refractivity (Wildman–Crippen MR) is 70.0 cm³/mol. The molecule has 0 aromatic carbocycles. The zero-order valence-corrected chi connectivity index (χ0v) is 11.5. The molecule has 106 valence electrons. The first-order valence-electron chi connectivity index (χ1n) is 6.75. The minimum atomic E-state index is -0.0827. The summed E-state index contributed by atoms with van der Waals surface area (Å²) in [5, 5.41) is 11.2. The zero-order valence-electron chi connectivity index (χ0n) is 11.5. The maximum absolute atomic E-state index is 12.3. The Balaban J connectivity index is 1.94. The quantitative estimate of drug-likeness (QED) is 0.700. The van der Waals surface area contributed by atoms with E-state index in [0.29, 0.717) is 38.0 Å². The summed E-state index contributed by atoms with van der Waals surface area (Å²) in [5.41, 5.74) is 0.408. The second-order valence-corrected chi connectivity index (χ2v) is 4.48. The molecule has 0 atom stereocenters. The lowest BCUT2D eigenvalue weighted by molar-refractivity contribution is 0.0663. The van der Waals surface area contributed by atoms with Crippen molar-refractivity contribution in [3.05, 3.63) is 11.9 Å². The van der Waals surface area contributed by atoms with E-state index in [0.717, 1.165) is 13.1 Å². The van der Waals surface area contributed by atoms with Crippen molar-refractivity contribution in [1.29, 1.82) is 0 Å². The van der Waals surface area contributed by atoms with Gasteiger partial charge in [0.05, 0.1) is 18.8 Å². The Bertz CT molecular complexity index is 416. The molecule has 1 aromatic rings. The van der Waals surface area contributed by atoms with E-state index >= 15 is 0 Å². The molecule has 1 amide bonds. The van der Waals surface area contributed by atoms with Gasteiger partial charge in [0, 0.05) is 32.8 Å². The molecule has 1 N–H and O–H groups in total. The largest absolute Gasteiger partial charge is 0.380 e. The van der Waals surface area contributed by atoms with Crippen molar-refractivity contribution >= 4 is 5.91 Å². The third kappa shape index (κ3) is 3.30. The van der Waals surface area contributed by atoms with Crippen LogP contribution in [0.25, 0.3) is 0 Å². The van der Waals surface area contributed by atoms with Crippen LogP contribution >= 0.6 is 0 Å². The van der Waals surface area contributed by atoms with Gasteiger partial charge in [0.2, 0.25) is 0 Å². The topological polar surface area (TPSA) is 72.3 Å². The second-order valence-electron chi connectivity index (χ2n) is 4.48. The number of likely N-dealkylation sites (N-methyl/N-ethyl adjacent to an activating group) is 1. The molecule has 0 spiro atoms. The lowest BCUT2D eigenvalue weighted by atomic mass is 10.2. The highest BCUT2D eigenvalue weighted by Gasteiger charge is 2.23. The van der Waals surface area contributed by atoms with Crippen molar-refractivity contribution in [1.82, 2.24) is 25.2 Å². The molecule has 0 bridgehead atoms. The zero-order chi connectivity index (χ0) is 13.7. The molecule has 0 unspecified atom stereocenters. The summed E-state index contributed by atoms with van der Waals surface area (Å²) in [6.07, 6.45) is 1.73. The van der Waals surface area contributed by atoms with Crippen molar-refractivity contribution < 1.29 is 9.53 Å². The first-order chi connectivity index (χ1) is 9.26. The van der Waals surface area contributed by atoms with Crippen LogP contribution in [0.4, 0.5) is 0 Å². The van der Waals surface area contributed by atoms with E-state index in [9.17, 15) is 4.79 Å². The monoisotopic (exact) mass is 267 g/mol. The SMILES string of the molecule is CCOCCN(CC)C(=O)c1cn(C2CNC2)nn1. The van der Waals surface area contributed by atoms with Gasteiger partial charge in [0.15, 0.2) is 5.69 Å². The van der Waals surface area contributed by atoms with Gasteiger partial charge in [-0.25, -0.2) is 4.68 Å². The van der Waals surface area contributed by atoms with Crippen LogP contribution in [-0.4, -0.2) is 65.2 Å². The highest BCUT2D eigenvalue weighted by atomic mass is 16.5. The molecule has 0 aliphatic carbocycles. The van der Waals surface area contributed by atoms with Gasteiger partial charge >= 0.3 is 0 Å². The standard InChI is InChI=1S/C12H21N5O2/c1-3-16(5-6-19-4-2)12(18)11-9-17(15-14-11)10-7-13-8-10/h9-10,13H,3-8H2,1-2H3. The lowest BCUT2D eigenvalue weighted by Crippen LogP contribution is -2.43. The minimum absolute atomic E-state index is 0.0827.